The number of hydrogen-bond donors (Lipinski definition) is 0. The van der Waals surface area contributed by atoms with Crippen LogP contribution in [0.5, 0.6) is 0 Å². The standard InChI is InChI=1S/C14H25NO5S/c1-19-10-11-6-8-15(9-7-11)21(17,18)13-5-3-4-12(13)14(16)20-2/h11-13H,3-10H2,1-2H3. The first kappa shape index (κ1) is 16.7. The third-order valence-electron chi connectivity index (χ3n) is 4.67. The average molecular weight is 319 g/mol. The molecule has 2 fully saturated rings. The van der Waals surface area contributed by atoms with E-state index in [1.165, 1.54) is 7.11 Å². The van der Waals surface area contributed by atoms with Gasteiger partial charge in [-0.05, 0) is 31.6 Å². The quantitative estimate of drug-likeness (QED) is 0.707. The van der Waals surface area contributed by atoms with Crippen molar-refractivity contribution in [1.29, 1.82) is 0 Å². The van der Waals surface area contributed by atoms with Crippen LogP contribution in [0.1, 0.15) is 32.1 Å². The van der Waals surface area contributed by atoms with E-state index < -0.39 is 27.2 Å². The summed E-state index contributed by atoms with van der Waals surface area (Å²) in [6.07, 6.45) is 3.58. The van der Waals surface area contributed by atoms with Gasteiger partial charge in [-0.15, -0.1) is 0 Å². The molecule has 0 amide bonds. The van der Waals surface area contributed by atoms with Crippen LogP contribution in [0.15, 0.2) is 0 Å². The second kappa shape index (κ2) is 7.07. The molecule has 2 aliphatic rings. The molecule has 2 atom stereocenters. The van der Waals surface area contributed by atoms with Gasteiger partial charge in [0.2, 0.25) is 10.0 Å². The number of sulfonamides is 1. The van der Waals surface area contributed by atoms with Crippen molar-refractivity contribution in [3.8, 4) is 0 Å². The molecule has 7 heteroatoms. The van der Waals surface area contributed by atoms with Crippen LogP contribution in [-0.4, -0.2) is 57.9 Å². The Morgan fingerprint density at radius 2 is 1.81 bits per heavy atom. The Hall–Kier alpha value is -0.660. The zero-order valence-corrected chi connectivity index (χ0v) is 13.6. The van der Waals surface area contributed by atoms with E-state index in [0.717, 1.165) is 19.3 Å². The van der Waals surface area contributed by atoms with E-state index >= 15 is 0 Å². The van der Waals surface area contributed by atoms with Gasteiger partial charge in [-0.3, -0.25) is 4.79 Å². The smallest absolute Gasteiger partial charge is 0.310 e. The van der Waals surface area contributed by atoms with Crippen LogP contribution < -0.4 is 0 Å². The minimum atomic E-state index is -3.41. The molecule has 1 heterocycles. The molecule has 122 valence electrons. The van der Waals surface area contributed by atoms with Crippen LogP contribution in [0, 0.1) is 11.8 Å². The van der Waals surface area contributed by atoms with Gasteiger partial charge < -0.3 is 9.47 Å². The van der Waals surface area contributed by atoms with Crippen molar-refractivity contribution in [2.24, 2.45) is 11.8 Å². The molecule has 1 saturated carbocycles. The van der Waals surface area contributed by atoms with Crippen LogP contribution in [0.4, 0.5) is 0 Å². The van der Waals surface area contributed by atoms with E-state index in [0.29, 0.717) is 38.5 Å². The molecule has 0 spiro atoms. The molecule has 1 aliphatic heterocycles. The minimum absolute atomic E-state index is 0.393. The lowest BCUT2D eigenvalue weighted by Crippen LogP contribution is -2.46. The predicted molar refractivity (Wildman–Crippen MR) is 78.2 cm³/mol. The van der Waals surface area contributed by atoms with Gasteiger partial charge >= 0.3 is 5.97 Å². The van der Waals surface area contributed by atoms with Crippen LogP contribution in [0.2, 0.25) is 0 Å². The fraction of sp³-hybridized carbons (Fsp3) is 0.929. The summed E-state index contributed by atoms with van der Waals surface area (Å²) in [7, 11) is -0.423. The molecular formula is C14H25NO5S. The van der Waals surface area contributed by atoms with E-state index in [9.17, 15) is 13.2 Å². The van der Waals surface area contributed by atoms with Crippen molar-refractivity contribution in [1.82, 2.24) is 4.31 Å². The zero-order chi connectivity index (χ0) is 15.5. The van der Waals surface area contributed by atoms with Gasteiger partial charge in [-0.1, -0.05) is 6.42 Å². The number of piperidine rings is 1. The van der Waals surface area contributed by atoms with Gasteiger partial charge in [-0.2, -0.15) is 0 Å². The summed E-state index contributed by atoms with van der Waals surface area (Å²) in [6.45, 7) is 1.74. The Morgan fingerprint density at radius 3 is 2.38 bits per heavy atom. The number of rotatable bonds is 5. The maximum absolute atomic E-state index is 12.8. The molecule has 0 radical (unpaired) electrons. The van der Waals surface area contributed by atoms with Gasteiger partial charge in [0.25, 0.3) is 0 Å². The number of carbonyl (C=O) groups is 1. The van der Waals surface area contributed by atoms with Crippen LogP contribution >= 0.6 is 0 Å². The number of hydrogen-bond acceptors (Lipinski definition) is 5. The highest BCUT2D eigenvalue weighted by molar-refractivity contribution is 7.89. The van der Waals surface area contributed by atoms with Crippen LogP contribution in [0.25, 0.3) is 0 Å². The Labute approximate surface area is 126 Å². The number of methoxy groups -OCH3 is 2. The summed E-state index contributed by atoms with van der Waals surface area (Å²) >= 11 is 0. The summed E-state index contributed by atoms with van der Waals surface area (Å²) in [5.74, 6) is -0.464. The first-order valence-corrected chi connectivity index (χ1v) is 9.06. The van der Waals surface area contributed by atoms with E-state index in [4.69, 9.17) is 9.47 Å². The number of carbonyl (C=O) groups excluding carboxylic acids is 1. The molecule has 1 saturated heterocycles. The van der Waals surface area contributed by atoms with Crippen molar-refractivity contribution in [3.05, 3.63) is 0 Å². The largest absolute Gasteiger partial charge is 0.469 e. The fourth-order valence-electron chi connectivity index (χ4n) is 3.46. The maximum atomic E-state index is 12.8. The van der Waals surface area contributed by atoms with E-state index in [2.05, 4.69) is 0 Å². The molecule has 6 nitrogen and oxygen atoms in total. The highest BCUT2D eigenvalue weighted by Gasteiger charge is 2.45. The van der Waals surface area contributed by atoms with Gasteiger partial charge in [0.15, 0.2) is 0 Å². The van der Waals surface area contributed by atoms with Gasteiger partial charge in [0, 0.05) is 26.8 Å². The first-order valence-electron chi connectivity index (χ1n) is 7.56. The molecule has 0 aromatic rings. The summed E-state index contributed by atoms with van der Waals surface area (Å²) in [5, 5.41) is -0.607. The lowest BCUT2D eigenvalue weighted by Gasteiger charge is -2.33. The Kier molecular flexibility index (Phi) is 5.62. The Bertz CT molecular complexity index is 456. The SMILES string of the molecule is COCC1CCN(S(=O)(=O)C2CCCC2C(=O)OC)CC1. The van der Waals surface area contributed by atoms with Crippen molar-refractivity contribution < 1.29 is 22.7 Å². The number of nitrogens with zero attached hydrogens (tertiary/aromatic N) is 1. The topological polar surface area (TPSA) is 72.9 Å². The minimum Gasteiger partial charge on any atom is -0.469 e. The van der Waals surface area contributed by atoms with Crippen LogP contribution in [-0.2, 0) is 24.3 Å². The average Bonchev–Trinajstić information content (AvgIpc) is 2.97. The predicted octanol–water partition coefficient (Wildman–Crippen LogP) is 1.02. The van der Waals surface area contributed by atoms with E-state index in [1.807, 2.05) is 0 Å². The fourth-order valence-corrected chi connectivity index (χ4v) is 5.69. The van der Waals surface area contributed by atoms with Crippen LogP contribution in [0.3, 0.4) is 0 Å². The molecule has 0 bridgehead atoms. The van der Waals surface area contributed by atoms with E-state index in [-0.39, 0.29) is 0 Å². The summed E-state index contributed by atoms with van der Waals surface area (Å²) < 4.78 is 37.0. The lowest BCUT2D eigenvalue weighted by atomic mass is 9.99. The van der Waals surface area contributed by atoms with Crippen molar-refractivity contribution in [2.45, 2.75) is 37.4 Å². The monoisotopic (exact) mass is 319 g/mol. The van der Waals surface area contributed by atoms with E-state index in [1.54, 1.807) is 11.4 Å². The third-order valence-corrected chi connectivity index (χ3v) is 7.09. The molecule has 0 aromatic carbocycles. The summed E-state index contributed by atoms with van der Waals surface area (Å²) in [5.41, 5.74) is 0. The molecule has 0 N–H and O–H groups in total. The Morgan fingerprint density at radius 1 is 1.14 bits per heavy atom. The third kappa shape index (κ3) is 3.57. The lowest BCUT2D eigenvalue weighted by molar-refractivity contribution is -0.145. The number of ether oxygens (including phenoxy) is 2. The maximum Gasteiger partial charge on any atom is 0.310 e. The van der Waals surface area contributed by atoms with Gasteiger partial charge in [0.05, 0.1) is 18.3 Å². The normalized spacial score (nSPS) is 28.7. The molecule has 1 aliphatic carbocycles. The zero-order valence-electron chi connectivity index (χ0n) is 12.8. The number of esters is 1. The van der Waals surface area contributed by atoms with Crippen molar-refractivity contribution >= 4 is 16.0 Å². The first-order chi connectivity index (χ1) is 10.0. The highest BCUT2D eigenvalue weighted by Crippen LogP contribution is 2.35. The molecule has 2 unspecified atom stereocenters. The van der Waals surface area contributed by atoms with Crippen molar-refractivity contribution in [3.63, 3.8) is 0 Å². The molecule has 2 rings (SSSR count). The van der Waals surface area contributed by atoms with Gasteiger partial charge in [-0.25, -0.2) is 12.7 Å². The molecule has 0 aromatic heterocycles. The summed E-state index contributed by atoms with van der Waals surface area (Å²) in [4.78, 5) is 11.8. The van der Waals surface area contributed by atoms with Crippen molar-refractivity contribution in [2.75, 3.05) is 33.9 Å². The highest BCUT2D eigenvalue weighted by atomic mass is 32.2. The second-order valence-electron chi connectivity index (χ2n) is 5.94. The summed E-state index contributed by atoms with van der Waals surface area (Å²) in [6, 6.07) is 0. The van der Waals surface area contributed by atoms with Gasteiger partial charge in [0.1, 0.15) is 0 Å². The molecule has 21 heavy (non-hydrogen) atoms. The Balaban J connectivity index is 2.03. The second-order valence-corrected chi connectivity index (χ2v) is 8.09. The molecular weight excluding hydrogens is 294 g/mol.